The molecule has 2 aromatic rings. The Balaban J connectivity index is 0.000000592. The van der Waals surface area contributed by atoms with Gasteiger partial charge < -0.3 is 24.7 Å². The van der Waals surface area contributed by atoms with Gasteiger partial charge in [0.05, 0.1) is 0 Å². The number of nitrogens with two attached hydrogens (primary N) is 1. The maximum atomic E-state index is 11.5. The van der Waals surface area contributed by atoms with E-state index in [2.05, 4.69) is 41.9 Å². The first kappa shape index (κ1) is 37.2. The van der Waals surface area contributed by atoms with Gasteiger partial charge in [0, 0.05) is 20.3 Å². The highest BCUT2D eigenvalue weighted by Crippen LogP contribution is 2.21. The first-order valence-electron chi connectivity index (χ1n) is 12.4. The molecule has 3 N–H and O–H groups in total. The third kappa shape index (κ3) is 19.3. The smallest absolute Gasteiger partial charge is 0.444 e. The molecule has 0 aliphatic rings. The summed E-state index contributed by atoms with van der Waals surface area (Å²) in [5.41, 5.74) is 7.42. The van der Waals surface area contributed by atoms with Crippen LogP contribution in [-0.4, -0.2) is 35.2 Å². The standard InChI is InChI=1S/C12H16BrNO2.C10H18O5.C7H8BrN/c1-8-7-9(5-6-10(8)13)14-11(15)16-12(2,3)4;1-9(2,3)14-7(11)13-8(12)15-10(4,5)6;1-5-4-6(9)2-3-7(5)8/h5-7H,1-4H3,(H,14,15);1-6H3;2-4H,9H2,1H3. The number of benzene rings is 2. The van der Waals surface area contributed by atoms with Gasteiger partial charge in [0.1, 0.15) is 16.8 Å². The van der Waals surface area contributed by atoms with E-state index in [0.29, 0.717) is 0 Å². The first-order chi connectivity index (χ1) is 18.0. The molecule has 0 bridgehead atoms. The molecular weight excluding hydrogens is 648 g/mol. The summed E-state index contributed by atoms with van der Waals surface area (Å²) in [6, 6.07) is 11.4. The van der Waals surface area contributed by atoms with Crippen molar-refractivity contribution in [2.24, 2.45) is 0 Å². The van der Waals surface area contributed by atoms with Crippen molar-refractivity contribution in [2.75, 3.05) is 11.1 Å². The Morgan fingerprint density at radius 2 is 1.07 bits per heavy atom. The van der Waals surface area contributed by atoms with Crippen LogP contribution in [0.4, 0.5) is 25.8 Å². The van der Waals surface area contributed by atoms with Gasteiger partial charge in [0.15, 0.2) is 0 Å². The van der Waals surface area contributed by atoms with Crippen molar-refractivity contribution in [1.29, 1.82) is 0 Å². The predicted octanol–water partition coefficient (Wildman–Crippen LogP) is 9.32. The van der Waals surface area contributed by atoms with Gasteiger partial charge >= 0.3 is 18.4 Å². The second-order valence-corrected chi connectivity index (χ2v) is 13.3. The molecule has 0 saturated heterocycles. The lowest BCUT2D eigenvalue weighted by Crippen LogP contribution is -2.29. The number of hydrogen-bond donors (Lipinski definition) is 2. The molecule has 0 saturated carbocycles. The van der Waals surface area contributed by atoms with Crippen molar-refractivity contribution in [3.05, 3.63) is 56.5 Å². The van der Waals surface area contributed by atoms with E-state index in [1.165, 1.54) is 5.56 Å². The number of hydrogen-bond acceptors (Lipinski definition) is 8. The summed E-state index contributed by atoms with van der Waals surface area (Å²) in [7, 11) is 0. The van der Waals surface area contributed by atoms with Crippen LogP contribution in [0.25, 0.3) is 0 Å². The third-order valence-electron chi connectivity index (χ3n) is 3.93. The van der Waals surface area contributed by atoms with Crippen LogP contribution in [0.5, 0.6) is 0 Å². The van der Waals surface area contributed by atoms with E-state index < -0.39 is 35.2 Å². The number of carbonyl (C=O) groups excluding carboxylic acids is 3. The Morgan fingerprint density at radius 1 is 0.675 bits per heavy atom. The molecule has 11 heteroatoms. The molecule has 0 atom stereocenters. The Morgan fingerprint density at radius 3 is 1.43 bits per heavy atom. The van der Waals surface area contributed by atoms with Crippen LogP contribution in [0.2, 0.25) is 0 Å². The molecule has 0 heterocycles. The maximum absolute atomic E-state index is 11.5. The van der Waals surface area contributed by atoms with Crippen molar-refractivity contribution in [3.63, 3.8) is 0 Å². The quantitative estimate of drug-likeness (QED) is 0.131. The zero-order valence-corrected chi connectivity index (χ0v) is 28.3. The summed E-state index contributed by atoms with van der Waals surface area (Å²) < 4.78 is 21.1. The molecule has 224 valence electrons. The van der Waals surface area contributed by atoms with Crippen molar-refractivity contribution in [1.82, 2.24) is 0 Å². The van der Waals surface area contributed by atoms with Crippen molar-refractivity contribution in [2.45, 2.75) is 93.0 Å². The largest absolute Gasteiger partial charge is 0.519 e. The Labute approximate surface area is 254 Å². The van der Waals surface area contributed by atoms with E-state index >= 15 is 0 Å². The van der Waals surface area contributed by atoms with Crippen molar-refractivity contribution in [3.8, 4) is 0 Å². The van der Waals surface area contributed by atoms with E-state index in [1.54, 1.807) is 41.5 Å². The summed E-state index contributed by atoms with van der Waals surface area (Å²) in [5.74, 6) is 0. The molecule has 9 nitrogen and oxygen atoms in total. The van der Waals surface area contributed by atoms with Crippen molar-refractivity contribution >= 4 is 61.6 Å². The lowest BCUT2D eigenvalue weighted by molar-refractivity contribution is -0.0294. The van der Waals surface area contributed by atoms with Crippen LogP contribution in [0.15, 0.2) is 45.3 Å². The van der Waals surface area contributed by atoms with Gasteiger partial charge in [-0.3, -0.25) is 5.32 Å². The van der Waals surface area contributed by atoms with Crippen LogP contribution in [0.1, 0.15) is 73.4 Å². The van der Waals surface area contributed by atoms with E-state index in [9.17, 15) is 14.4 Å². The van der Waals surface area contributed by atoms with Crippen LogP contribution in [0.3, 0.4) is 0 Å². The zero-order valence-electron chi connectivity index (χ0n) is 25.2. The lowest BCUT2D eigenvalue weighted by atomic mass is 10.2. The summed E-state index contributed by atoms with van der Waals surface area (Å²) in [4.78, 5) is 33.5. The molecule has 0 aromatic heterocycles. The van der Waals surface area contributed by atoms with Crippen LogP contribution in [0, 0.1) is 13.8 Å². The minimum absolute atomic E-state index is 0.436. The number of halogens is 2. The van der Waals surface area contributed by atoms with E-state index in [0.717, 1.165) is 25.9 Å². The maximum Gasteiger partial charge on any atom is 0.519 e. The molecule has 2 aromatic carbocycles. The summed E-state index contributed by atoms with van der Waals surface area (Å²) in [6.07, 6.45) is -2.55. The molecule has 0 radical (unpaired) electrons. The van der Waals surface area contributed by atoms with Gasteiger partial charge in [-0.15, -0.1) is 0 Å². The topological polar surface area (TPSA) is 126 Å². The van der Waals surface area contributed by atoms with E-state index in [-0.39, 0.29) is 0 Å². The number of nitrogens with one attached hydrogen (secondary N) is 1. The van der Waals surface area contributed by atoms with Crippen LogP contribution in [-0.2, 0) is 18.9 Å². The number of rotatable bonds is 1. The Kier molecular flexibility index (Phi) is 14.7. The summed E-state index contributed by atoms with van der Waals surface area (Å²) in [5, 5.41) is 2.68. The number of aryl methyl sites for hydroxylation is 2. The second-order valence-electron chi connectivity index (χ2n) is 11.6. The fourth-order valence-corrected chi connectivity index (χ4v) is 2.91. The van der Waals surface area contributed by atoms with Gasteiger partial charge in [0.2, 0.25) is 0 Å². The molecular formula is C29H42Br2N2O7. The fraction of sp³-hybridized carbons (Fsp3) is 0.483. The second kappa shape index (κ2) is 15.9. The number of amides is 1. The number of nitrogen functional groups attached to an aromatic ring is 1. The zero-order chi connectivity index (χ0) is 31.5. The monoisotopic (exact) mass is 688 g/mol. The van der Waals surface area contributed by atoms with Crippen molar-refractivity contribution < 1.29 is 33.3 Å². The highest BCUT2D eigenvalue weighted by Gasteiger charge is 2.24. The highest BCUT2D eigenvalue weighted by molar-refractivity contribution is 9.10. The Bertz CT molecular complexity index is 1120. The van der Waals surface area contributed by atoms with Gasteiger partial charge in [-0.2, -0.15) is 0 Å². The van der Waals surface area contributed by atoms with Gasteiger partial charge in [-0.1, -0.05) is 31.9 Å². The highest BCUT2D eigenvalue weighted by atomic mass is 79.9. The van der Waals surface area contributed by atoms with Gasteiger partial charge in [0.25, 0.3) is 0 Å². The number of carbonyl (C=O) groups is 3. The summed E-state index contributed by atoms with van der Waals surface area (Å²) in [6.45, 7) is 19.5. The molecule has 0 aliphatic carbocycles. The Hall–Kier alpha value is -2.79. The SMILES string of the molecule is CC(C)(C)OC(=O)OC(=O)OC(C)(C)C.Cc1cc(N)ccc1Br.Cc1cc(NC(=O)OC(C)(C)C)ccc1Br. The van der Waals surface area contributed by atoms with E-state index in [4.69, 9.17) is 19.9 Å². The van der Waals surface area contributed by atoms with Crippen LogP contribution >= 0.6 is 31.9 Å². The molecule has 0 aliphatic heterocycles. The van der Waals surface area contributed by atoms with Gasteiger partial charge in [-0.05, 0) is 124 Å². The molecule has 2 rings (SSSR count). The third-order valence-corrected chi connectivity index (χ3v) is 5.71. The normalized spacial score (nSPS) is 11.0. The average Bonchev–Trinajstić information content (AvgIpc) is 2.70. The molecule has 40 heavy (non-hydrogen) atoms. The summed E-state index contributed by atoms with van der Waals surface area (Å²) >= 11 is 6.77. The van der Waals surface area contributed by atoms with Crippen LogP contribution < -0.4 is 11.1 Å². The molecule has 0 spiro atoms. The van der Waals surface area contributed by atoms with E-state index in [1.807, 2.05) is 71.0 Å². The number of ether oxygens (including phenoxy) is 4. The van der Waals surface area contributed by atoms with Gasteiger partial charge in [-0.25, -0.2) is 14.4 Å². The first-order valence-corrected chi connectivity index (χ1v) is 14.0. The lowest BCUT2D eigenvalue weighted by Gasteiger charge is -2.20. The number of anilines is 2. The predicted molar refractivity (Wildman–Crippen MR) is 166 cm³/mol. The minimum atomic E-state index is -1.06. The average molecular weight is 690 g/mol. The molecule has 1 amide bonds. The molecule has 0 fully saturated rings. The minimum Gasteiger partial charge on any atom is -0.444 e. The molecule has 0 unspecified atom stereocenters. The fourth-order valence-electron chi connectivity index (χ4n) is 2.42.